The van der Waals surface area contributed by atoms with Gasteiger partial charge >= 0.3 is 6.18 Å². The van der Waals surface area contributed by atoms with Crippen molar-refractivity contribution < 1.29 is 33.3 Å². The Hall–Kier alpha value is -4.15. The number of likely N-dealkylation sites (tertiary alicyclic amines) is 1. The summed E-state index contributed by atoms with van der Waals surface area (Å²) in [4.78, 5) is 19.5. The molecule has 210 valence electrons. The molecule has 1 heterocycles. The van der Waals surface area contributed by atoms with Gasteiger partial charge in [-0.1, -0.05) is 78.9 Å². The summed E-state index contributed by atoms with van der Waals surface area (Å²) in [6.45, 7) is 1.71. The minimum absolute atomic E-state index is 0.107. The van der Waals surface area contributed by atoms with Gasteiger partial charge in [-0.25, -0.2) is 4.99 Å². The number of halogens is 3. The Bertz CT molecular complexity index is 1390. The number of aliphatic hydroxyl groups is 3. The number of benzene rings is 3. The largest absolute Gasteiger partial charge is 0.480 e. The Balaban J connectivity index is 1.72. The third kappa shape index (κ3) is 6.35. The number of carbonyl (C=O) groups is 1. The Labute approximate surface area is 229 Å². The molecule has 0 radical (unpaired) electrons. The number of aliphatic hydroxyl groups excluding tert-OH is 1. The second kappa shape index (κ2) is 11.9. The molecular formula is C30H30F3N3O4. The summed E-state index contributed by atoms with van der Waals surface area (Å²) in [5, 5.41) is 32.7. The van der Waals surface area contributed by atoms with Gasteiger partial charge in [-0.3, -0.25) is 9.69 Å². The lowest BCUT2D eigenvalue weighted by Gasteiger charge is -2.27. The maximum Gasteiger partial charge on any atom is 0.422 e. The maximum atomic E-state index is 13.7. The molecule has 0 aliphatic carbocycles. The van der Waals surface area contributed by atoms with Crippen molar-refractivity contribution in [2.24, 2.45) is 4.99 Å². The van der Waals surface area contributed by atoms with Crippen LogP contribution in [0.5, 0.6) is 0 Å². The molecule has 0 saturated carbocycles. The van der Waals surface area contributed by atoms with E-state index < -0.39 is 29.5 Å². The molecule has 10 heteroatoms. The number of hydrogen-bond acceptors (Lipinski definition) is 6. The van der Waals surface area contributed by atoms with E-state index in [-0.39, 0.29) is 22.9 Å². The first-order valence-corrected chi connectivity index (χ1v) is 12.7. The van der Waals surface area contributed by atoms with Gasteiger partial charge in [0, 0.05) is 17.7 Å². The van der Waals surface area contributed by atoms with Gasteiger partial charge in [-0.15, -0.1) is 0 Å². The van der Waals surface area contributed by atoms with E-state index in [1.165, 1.54) is 0 Å². The van der Waals surface area contributed by atoms with Gasteiger partial charge in [0.15, 0.2) is 5.70 Å². The van der Waals surface area contributed by atoms with Crippen molar-refractivity contribution in [1.29, 1.82) is 0 Å². The zero-order valence-corrected chi connectivity index (χ0v) is 21.8. The van der Waals surface area contributed by atoms with Crippen molar-refractivity contribution in [2.45, 2.75) is 44.1 Å². The summed E-state index contributed by atoms with van der Waals surface area (Å²) in [5.74, 6) is -2.06. The van der Waals surface area contributed by atoms with Crippen LogP contribution in [0.1, 0.15) is 36.5 Å². The van der Waals surface area contributed by atoms with E-state index in [1.807, 2.05) is 30.3 Å². The summed E-state index contributed by atoms with van der Waals surface area (Å²) >= 11 is 0. The van der Waals surface area contributed by atoms with Crippen LogP contribution in [0.4, 0.5) is 18.9 Å². The highest BCUT2D eigenvalue weighted by molar-refractivity contribution is 6.17. The summed E-state index contributed by atoms with van der Waals surface area (Å²) < 4.78 is 41.0. The Kier molecular flexibility index (Phi) is 8.61. The fourth-order valence-corrected chi connectivity index (χ4v) is 4.64. The SMILES string of the molecule is CC(O)(C(N=C(c1ccccc1)c1ccccc1NC(=O)[C@@H]1CCCN1Cc1ccccc1)=C(O)O)C(F)(F)F. The van der Waals surface area contributed by atoms with E-state index in [2.05, 4.69) is 15.2 Å². The van der Waals surface area contributed by atoms with Crippen LogP contribution in [-0.4, -0.2) is 56.2 Å². The minimum atomic E-state index is -5.26. The molecule has 0 aromatic heterocycles. The van der Waals surface area contributed by atoms with Gasteiger partial charge in [-0.05, 0) is 37.9 Å². The molecule has 1 fully saturated rings. The van der Waals surface area contributed by atoms with Crippen molar-refractivity contribution >= 4 is 17.3 Å². The first-order valence-electron chi connectivity index (χ1n) is 12.7. The number of para-hydroxylation sites is 1. The van der Waals surface area contributed by atoms with E-state index in [0.29, 0.717) is 25.5 Å². The molecule has 0 spiro atoms. The average molecular weight is 554 g/mol. The fourth-order valence-electron chi connectivity index (χ4n) is 4.64. The van der Waals surface area contributed by atoms with Gasteiger partial charge < -0.3 is 20.6 Å². The Morgan fingerprint density at radius 3 is 2.20 bits per heavy atom. The maximum absolute atomic E-state index is 13.7. The Morgan fingerprint density at radius 1 is 0.975 bits per heavy atom. The van der Waals surface area contributed by atoms with E-state index in [0.717, 1.165) is 18.5 Å². The van der Waals surface area contributed by atoms with Crippen molar-refractivity contribution in [3.63, 3.8) is 0 Å². The molecule has 3 aromatic rings. The standard InChI is InChI=1S/C30H30F3N3O4/c1-29(40,30(31,32)33)26(28(38)39)35-25(21-13-6-3-7-14-21)22-15-8-9-16-23(22)34-27(37)24-17-10-18-36(24)19-20-11-4-2-5-12-20/h2-9,11-16,24,38-40H,10,17-19H2,1H3,(H,34,37)/t24-,29?/m0/s1. The van der Waals surface area contributed by atoms with Gasteiger partial charge in [0.05, 0.1) is 17.4 Å². The fraction of sp³-hybridized carbons (Fsp3) is 0.267. The van der Waals surface area contributed by atoms with Crippen LogP contribution >= 0.6 is 0 Å². The molecule has 1 saturated heterocycles. The molecular weight excluding hydrogens is 523 g/mol. The van der Waals surface area contributed by atoms with Crippen LogP contribution in [0.15, 0.2) is 102 Å². The summed E-state index contributed by atoms with van der Waals surface area (Å²) in [6, 6.07) is 23.9. The molecule has 40 heavy (non-hydrogen) atoms. The highest BCUT2D eigenvalue weighted by atomic mass is 19.4. The zero-order chi connectivity index (χ0) is 28.9. The molecule has 7 nitrogen and oxygen atoms in total. The highest BCUT2D eigenvalue weighted by Gasteiger charge is 2.55. The van der Waals surface area contributed by atoms with Crippen molar-refractivity contribution in [2.75, 3.05) is 11.9 Å². The predicted octanol–water partition coefficient (Wildman–Crippen LogP) is 5.73. The van der Waals surface area contributed by atoms with Crippen LogP contribution in [0.25, 0.3) is 0 Å². The van der Waals surface area contributed by atoms with E-state index in [4.69, 9.17) is 0 Å². The summed E-state index contributed by atoms with van der Waals surface area (Å²) in [5.41, 5.74) is -3.27. The number of amides is 1. The van der Waals surface area contributed by atoms with Gasteiger partial charge in [-0.2, -0.15) is 13.2 Å². The van der Waals surface area contributed by atoms with Gasteiger partial charge in [0.25, 0.3) is 5.95 Å². The number of aliphatic imine (C=N–C) groups is 1. The predicted molar refractivity (Wildman–Crippen MR) is 146 cm³/mol. The van der Waals surface area contributed by atoms with Crippen molar-refractivity contribution in [3.05, 3.63) is 113 Å². The molecule has 3 aromatic carbocycles. The number of anilines is 1. The topological polar surface area (TPSA) is 105 Å². The first kappa shape index (κ1) is 28.8. The van der Waals surface area contributed by atoms with Crippen LogP contribution in [-0.2, 0) is 11.3 Å². The van der Waals surface area contributed by atoms with Crippen LogP contribution in [0.2, 0.25) is 0 Å². The van der Waals surface area contributed by atoms with Crippen LogP contribution in [0.3, 0.4) is 0 Å². The number of hydrogen-bond donors (Lipinski definition) is 4. The van der Waals surface area contributed by atoms with Crippen molar-refractivity contribution in [3.8, 4) is 0 Å². The van der Waals surface area contributed by atoms with Crippen LogP contribution in [0, 0.1) is 0 Å². The van der Waals surface area contributed by atoms with E-state index in [1.54, 1.807) is 54.6 Å². The first-order chi connectivity index (χ1) is 19.0. The third-order valence-electron chi connectivity index (χ3n) is 6.83. The molecule has 1 aliphatic rings. The number of nitrogens with one attached hydrogen (secondary N) is 1. The van der Waals surface area contributed by atoms with Gasteiger partial charge in [0.1, 0.15) is 0 Å². The molecule has 4 rings (SSSR count). The zero-order valence-electron chi connectivity index (χ0n) is 21.8. The smallest absolute Gasteiger partial charge is 0.422 e. The lowest BCUT2D eigenvalue weighted by atomic mass is 9.97. The van der Waals surface area contributed by atoms with E-state index in [9.17, 15) is 33.3 Å². The third-order valence-corrected chi connectivity index (χ3v) is 6.83. The summed E-state index contributed by atoms with van der Waals surface area (Å²) in [6.07, 6.45) is -3.79. The quantitative estimate of drug-likeness (QED) is 0.211. The van der Waals surface area contributed by atoms with Gasteiger partial charge in [0.2, 0.25) is 11.5 Å². The van der Waals surface area contributed by atoms with Crippen molar-refractivity contribution in [1.82, 2.24) is 4.90 Å². The average Bonchev–Trinajstić information content (AvgIpc) is 3.38. The number of alkyl halides is 3. The lowest BCUT2D eigenvalue weighted by molar-refractivity contribution is -0.239. The summed E-state index contributed by atoms with van der Waals surface area (Å²) in [7, 11) is 0. The number of nitrogens with zero attached hydrogens (tertiary/aromatic N) is 2. The Morgan fingerprint density at radius 2 is 1.57 bits per heavy atom. The molecule has 1 aliphatic heterocycles. The highest BCUT2D eigenvalue weighted by Crippen LogP contribution is 2.38. The number of carbonyl (C=O) groups excluding carboxylic acids is 1. The lowest BCUT2D eigenvalue weighted by Crippen LogP contribution is -2.44. The normalized spacial score (nSPS) is 17.7. The molecule has 1 unspecified atom stereocenters. The molecule has 0 bridgehead atoms. The molecule has 4 N–H and O–H groups in total. The minimum Gasteiger partial charge on any atom is -0.480 e. The molecule has 2 atom stereocenters. The van der Waals surface area contributed by atoms with E-state index >= 15 is 0 Å². The second-order valence-corrected chi connectivity index (χ2v) is 9.72. The molecule has 1 amide bonds. The second-order valence-electron chi connectivity index (χ2n) is 9.72. The monoisotopic (exact) mass is 553 g/mol. The van der Waals surface area contributed by atoms with Crippen LogP contribution < -0.4 is 5.32 Å². The number of rotatable bonds is 8.